The molecule has 27 heavy (non-hydrogen) atoms. The van der Waals surface area contributed by atoms with Crippen LogP contribution in [0.2, 0.25) is 0 Å². The van der Waals surface area contributed by atoms with Gasteiger partial charge in [-0.25, -0.2) is 0 Å². The van der Waals surface area contributed by atoms with Crippen molar-refractivity contribution in [3.05, 3.63) is 57.0 Å². The maximum atomic E-state index is 12.3. The van der Waals surface area contributed by atoms with Crippen molar-refractivity contribution < 1.29 is 9.47 Å². The molecule has 0 aliphatic carbocycles. The highest BCUT2D eigenvalue weighted by atomic mass is 16.5. The van der Waals surface area contributed by atoms with Crippen molar-refractivity contribution in [3.8, 4) is 11.5 Å². The molecular weight excluding hydrogens is 340 g/mol. The molecule has 5 nitrogen and oxygen atoms in total. The number of fused-ring (bicyclic) bond motifs is 3. The normalized spacial score (nSPS) is 19.0. The fourth-order valence-electron chi connectivity index (χ4n) is 4.13. The minimum absolute atomic E-state index is 0.0399. The zero-order valence-corrected chi connectivity index (χ0v) is 16.8. The number of methoxy groups -OCH3 is 1. The molecule has 0 saturated heterocycles. The summed E-state index contributed by atoms with van der Waals surface area (Å²) in [5.74, 6) is 1.58. The van der Waals surface area contributed by atoms with Crippen LogP contribution in [0.15, 0.2) is 34.2 Å². The molecule has 0 atom stereocenters. The lowest BCUT2D eigenvalue weighted by molar-refractivity contribution is 0.134. The van der Waals surface area contributed by atoms with Crippen LogP contribution in [-0.4, -0.2) is 28.5 Å². The van der Waals surface area contributed by atoms with Gasteiger partial charge in [0.2, 0.25) is 0 Å². The van der Waals surface area contributed by atoms with Crippen molar-refractivity contribution in [2.75, 3.05) is 7.11 Å². The second-order valence-corrected chi connectivity index (χ2v) is 8.77. The molecule has 4 rings (SSSR count). The van der Waals surface area contributed by atoms with Gasteiger partial charge in [-0.3, -0.25) is 9.79 Å². The summed E-state index contributed by atoms with van der Waals surface area (Å²) in [5.41, 5.74) is 4.56. The lowest BCUT2D eigenvalue weighted by Gasteiger charge is -2.31. The minimum atomic E-state index is -0.296. The third-order valence-corrected chi connectivity index (χ3v) is 5.28. The Hall–Kier alpha value is -2.56. The summed E-state index contributed by atoms with van der Waals surface area (Å²) in [5, 5.41) is 0. The molecule has 0 amide bonds. The van der Waals surface area contributed by atoms with Crippen LogP contribution in [0.4, 0.5) is 0 Å². The number of rotatable bonds is 2. The third kappa shape index (κ3) is 2.95. The van der Waals surface area contributed by atoms with Gasteiger partial charge in [-0.05, 0) is 51.8 Å². The van der Waals surface area contributed by atoms with Gasteiger partial charge in [0.15, 0.2) is 11.5 Å². The van der Waals surface area contributed by atoms with E-state index in [0.717, 1.165) is 46.7 Å². The molecule has 0 bridgehead atoms. The van der Waals surface area contributed by atoms with Crippen molar-refractivity contribution in [1.82, 2.24) is 4.57 Å². The number of pyridine rings is 1. The van der Waals surface area contributed by atoms with E-state index in [1.165, 1.54) is 5.56 Å². The van der Waals surface area contributed by atoms with Gasteiger partial charge in [-0.15, -0.1) is 0 Å². The molecule has 0 spiro atoms. The summed E-state index contributed by atoms with van der Waals surface area (Å²) >= 11 is 0. The smallest absolute Gasteiger partial charge is 0.250 e. The van der Waals surface area contributed by atoms with Gasteiger partial charge in [0.1, 0.15) is 5.60 Å². The van der Waals surface area contributed by atoms with Crippen LogP contribution in [-0.2, 0) is 19.9 Å². The maximum Gasteiger partial charge on any atom is 0.250 e. The molecule has 2 aromatic rings. The zero-order valence-electron chi connectivity index (χ0n) is 16.8. The van der Waals surface area contributed by atoms with E-state index in [1.54, 1.807) is 31.0 Å². The van der Waals surface area contributed by atoms with E-state index in [-0.39, 0.29) is 16.7 Å². The fourth-order valence-corrected chi connectivity index (χ4v) is 4.13. The monoisotopic (exact) mass is 366 g/mol. The molecule has 0 saturated carbocycles. The molecule has 1 aromatic carbocycles. The van der Waals surface area contributed by atoms with Crippen LogP contribution in [0, 0.1) is 0 Å². The molecular formula is C22H26N2O3. The average Bonchev–Trinajstić information content (AvgIpc) is 2.89. The quantitative estimate of drug-likeness (QED) is 0.820. The van der Waals surface area contributed by atoms with Gasteiger partial charge in [-0.1, -0.05) is 0 Å². The highest BCUT2D eigenvalue weighted by Crippen LogP contribution is 2.47. The Balaban J connectivity index is 2.01. The Morgan fingerprint density at radius 3 is 2.59 bits per heavy atom. The molecule has 0 unspecified atom stereocenters. The average molecular weight is 366 g/mol. The first kappa shape index (κ1) is 17.8. The van der Waals surface area contributed by atoms with E-state index < -0.39 is 0 Å². The lowest BCUT2D eigenvalue weighted by Crippen LogP contribution is -2.31. The van der Waals surface area contributed by atoms with Gasteiger partial charge in [0.05, 0.1) is 18.4 Å². The van der Waals surface area contributed by atoms with Gasteiger partial charge in [-0.2, -0.15) is 0 Å². The first-order valence-corrected chi connectivity index (χ1v) is 9.29. The number of nitrogens with zero attached hydrogens (tertiary/aromatic N) is 2. The van der Waals surface area contributed by atoms with Gasteiger partial charge in [0, 0.05) is 42.4 Å². The Kier molecular flexibility index (Phi) is 3.78. The van der Waals surface area contributed by atoms with E-state index in [9.17, 15) is 4.79 Å². The first-order valence-electron chi connectivity index (χ1n) is 9.29. The van der Waals surface area contributed by atoms with E-state index in [4.69, 9.17) is 14.5 Å². The molecule has 2 aliphatic rings. The van der Waals surface area contributed by atoms with Gasteiger partial charge < -0.3 is 14.0 Å². The Labute approximate surface area is 159 Å². The number of ether oxygens (including phenoxy) is 2. The Bertz CT molecular complexity index is 1030. The second-order valence-electron chi connectivity index (χ2n) is 8.77. The Morgan fingerprint density at radius 2 is 1.93 bits per heavy atom. The highest BCUT2D eigenvalue weighted by Gasteiger charge is 2.39. The number of aliphatic imine (C=N–C) groups is 1. The predicted octanol–water partition coefficient (Wildman–Crippen LogP) is 3.28. The predicted molar refractivity (Wildman–Crippen MR) is 107 cm³/mol. The van der Waals surface area contributed by atoms with Crippen LogP contribution in [0.3, 0.4) is 0 Å². The largest absolute Gasteiger partial charge is 0.493 e. The van der Waals surface area contributed by atoms with Gasteiger partial charge in [0.25, 0.3) is 5.56 Å². The van der Waals surface area contributed by atoms with Crippen molar-refractivity contribution in [1.29, 1.82) is 0 Å². The van der Waals surface area contributed by atoms with Crippen LogP contribution in [0.1, 0.15) is 49.9 Å². The van der Waals surface area contributed by atoms with Crippen LogP contribution in [0.5, 0.6) is 11.5 Å². The molecule has 3 heterocycles. The summed E-state index contributed by atoms with van der Waals surface area (Å²) in [6.45, 7) is 8.41. The minimum Gasteiger partial charge on any atom is -0.493 e. The SMILES string of the molecule is COc1cc2c(c3c1OC(C)(C)C3)C(c1ccn(C)c(=O)c1)=NC(C)(C)C2. The van der Waals surface area contributed by atoms with Crippen LogP contribution < -0.4 is 15.0 Å². The molecule has 0 N–H and O–H groups in total. The van der Waals surface area contributed by atoms with Crippen LogP contribution >= 0.6 is 0 Å². The molecule has 1 aromatic heterocycles. The summed E-state index contributed by atoms with van der Waals surface area (Å²) in [6, 6.07) is 5.71. The molecule has 5 heteroatoms. The topological polar surface area (TPSA) is 52.8 Å². The number of hydrogen-bond acceptors (Lipinski definition) is 4. The van der Waals surface area contributed by atoms with E-state index in [0.29, 0.717) is 0 Å². The van der Waals surface area contributed by atoms with Gasteiger partial charge >= 0.3 is 0 Å². The summed E-state index contributed by atoms with van der Waals surface area (Å²) in [6.07, 6.45) is 3.40. The maximum absolute atomic E-state index is 12.3. The van der Waals surface area contributed by atoms with Crippen molar-refractivity contribution in [3.63, 3.8) is 0 Å². The number of aromatic nitrogens is 1. The number of aryl methyl sites for hydroxylation is 1. The van der Waals surface area contributed by atoms with E-state index in [1.807, 2.05) is 6.07 Å². The second kappa shape index (κ2) is 5.72. The summed E-state index contributed by atoms with van der Waals surface area (Å²) in [7, 11) is 3.44. The van der Waals surface area contributed by atoms with Crippen LogP contribution in [0.25, 0.3) is 0 Å². The van der Waals surface area contributed by atoms with Crippen molar-refractivity contribution in [2.45, 2.75) is 51.7 Å². The fraction of sp³-hybridized carbons (Fsp3) is 0.455. The van der Waals surface area contributed by atoms with E-state index >= 15 is 0 Å². The number of benzene rings is 1. The lowest BCUT2D eigenvalue weighted by atomic mass is 9.81. The zero-order chi connectivity index (χ0) is 19.6. The van der Waals surface area contributed by atoms with Crippen molar-refractivity contribution in [2.24, 2.45) is 12.0 Å². The standard InChI is InChI=1S/C22H26N2O3/c1-21(2)11-14-9-16(26-6)20-15(12-22(3,4)27-20)18(14)19(23-21)13-7-8-24(5)17(25)10-13/h7-10H,11-12H2,1-6H3. The van der Waals surface area contributed by atoms with E-state index in [2.05, 4.69) is 33.8 Å². The molecule has 0 radical (unpaired) electrons. The van der Waals surface area contributed by atoms with Crippen molar-refractivity contribution >= 4 is 5.71 Å². The summed E-state index contributed by atoms with van der Waals surface area (Å²) < 4.78 is 13.4. The summed E-state index contributed by atoms with van der Waals surface area (Å²) in [4.78, 5) is 17.3. The first-order chi connectivity index (χ1) is 12.6. The highest BCUT2D eigenvalue weighted by molar-refractivity contribution is 6.16. The Morgan fingerprint density at radius 1 is 1.19 bits per heavy atom. The molecule has 2 aliphatic heterocycles. The number of hydrogen-bond donors (Lipinski definition) is 0. The third-order valence-electron chi connectivity index (χ3n) is 5.28. The molecule has 142 valence electrons. The molecule has 0 fully saturated rings.